The minimum absolute atomic E-state index is 0.0383. The fourth-order valence-electron chi connectivity index (χ4n) is 12.3. The van der Waals surface area contributed by atoms with E-state index in [0.717, 1.165) is 59.7 Å². The third-order valence-corrected chi connectivity index (χ3v) is 16.2. The molecule has 4 heterocycles. The Labute approximate surface area is 357 Å². The van der Waals surface area contributed by atoms with Gasteiger partial charge in [-0.25, -0.2) is 0 Å². The first-order valence-electron chi connectivity index (χ1n) is 22.5. The summed E-state index contributed by atoms with van der Waals surface area (Å²) in [4.78, 5) is 2.42. The number of benzene rings is 5. The lowest BCUT2D eigenvalue weighted by Gasteiger charge is -2.44. The second-order valence-corrected chi connectivity index (χ2v) is 21.8. The Morgan fingerprint density at radius 3 is 2.20 bits per heavy atom. The zero-order chi connectivity index (χ0) is 41.9. The van der Waals surface area contributed by atoms with Gasteiger partial charge in [-0.3, -0.25) is 0 Å². The van der Waals surface area contributed by atoms with Crippen LogP contribution in [-0.2, 0) is 21.7 Å². The van der Waals surface area contributed by atoms with Crippen LogP contribution in [0.5, 0.6) is 5.75 Å². The summed E-state index contributed by atoms with van der Waals surface area (Å²) in [6.07, 6.45) is 6.85. The predicted molar refractivity (Wildman–Crippen MR) is 248 cm³/mol. The Morgan fingerprint density at radius 2 is 1.48 bits per heavy atom. The molecule has 0 amide bonds. The summed E-state index contributed by atoms with van der Waals surface area (Å²) >= 11 is 0. The Hall–Kier alpha value is -5.21. The van der Waals surface area contributed by atoms with Gasteiger partial charge in [0.15, 0.2) is 0 Å². The largest absolute Gasteiger partial charge is 0.486 e. The maximum Gasteiger partial charge on any atom is 0.292 e. The molecule has 11 rings (SSSR count). The molecule has 302 valence electrons. The van der Waals surface area contributed by atoms with Crippen molar-refractivity contribution in [3.05, 3.63) is 135 Å². The van der Waals surface area contributed by atoms with Gasteiger partial charge in [0, 0.05) is 51.0 Å². The van der Waals surface area contributed by atoms with Crippen molar-refractivity contribution in [2.45, 2.75) is 141 Å². The smallest absolute Gasteiger partial charge is 0.292 e. The highest BCUT2D eigenvalue weighted by atomic mass is 16.5. The average Bonchev–Trinajstić information content (AvgIpc) is 3.69. The van der Waals surface area contributed by atoms with Gasteiger partial charge < -0.3 is 14.1 Å². The Bertz CT molecular complexity index is 2870. The zero-order valence-electron chi connectivity index (χ0n) is 37.2. The molecule has 60 heavy (non-hydrogen) atoms. The normalized spacial score (nSPS) is 24.1. The quantitative estimate of drug-likeness (QED) is 0.164. The molecule has 0 saturated heterocycles. The number of hydrogen-bond acceptors (Lipinski definition) is 4. The first-order chi connectivity index (χ1) is 28.4. The zero-order valence-corrected chi connectivity index (χ0v) is 37.2. The molecule has 0 radical (unpaired) electrons. The summed E-state index contributed by atoms with van der Waals surface area (Å²) in [6, 6.07) is 34.7. The lowest BCUT2D eigenvalue weighted by molar-refractivity contribution is 0.00741. The molecule has 6 aromatic rings. The second-order valence-electron chi connectivity index (χ2n) is 21.8. The van der Waals surface area contributed by atoms with Crippen LogP contribution in [-0.4, -0.2) is 12.3 Å². The molecule has 5 aromatic carbocycles. The molecule has 5 aliphatic rings. The molecule has 5 heteroatoms. The highest BCUT2D eigenvalue weighted by molar-refractivity contribution is 6.98. The second kappa shape index (κ2) is 12.2. The summed E-state index contributed by atoms with van der Waals surface area (Å²) in [7, 11) is 0. The maximum atomic E-state index is 10.2. The van der Waals surface area contributed by atoms with Crippen molar-refractivity contribution in [1.82, 2.24) is 0 Å². The van der Waals surface area contributed by atoms with E-state index < -0.39 is 0 Å². The van der Waals surface area contributed by atoms with Gasteiger partial charge in [-0.2, -0.15) is 5.26 Å². The molecule has 3 aliphatic heterocycles. The van der Waals surface area contributed by atoms with Crippen molar-refractivity contribution in [2.75, 3.05) is 4.90 Å². The van der Waals surface area contributed by atoms with E-state index in [9.17, 15) is 5.26 Å². The van der Waals surface area contributed by atoms with E-state index in [4.69, 9.17) is 9.15 Å². The van der Waals surface area contributed by atoms with E-state index in [-0.39, 0.29) is 39.9 Å². The Balaban J connectivity index is 1.26. The number of anilines is 3. The molecule has 1 fully saturated rings. The van der Waals surface area contributed by atoms with Crippen molar-refractivity contribution in [2.24, 2.45) is 0 Å². The summed E-state index contributed by atoms with van der Waals surface area (Å²) in [5, 5.41) is 11.4. The van der Waals surface area contributed by atoms with Gasteiger partial charge in [-0.15, -0.1) is 0 Å². The molecule has 0 spiro atoms. The number of furan rings is 1. The van der Waals surface area contributed by atoms with E-state index in [1.54, 1.807) is 0 Å². The number of nitriles is 1. The monoisotopic (exact) mass is 788 g/mol. The molecule has 3 atom stereocenters. The van der Waals surface area contributed by atoms with Crippen LogP contribution >= 0.6 is 0 Å². The van der Waals surface area contributed by atoms with Crippen LogP contribution in [0.25, 0.3) is 11.0 Å². The van der Waals surface area contributed by atoms with Crippen LogP contribution in [0.1, 0.15) is 157 Å². The van der Waals surface area contributed by atoms with E-state index >= 15 is 0 Å². The van der Waals surface area contributed by atoms with Gasteiger partial charge in [0.2, 0.25) is 0 Å². The van der Waals surface area contributed by atoms with Gasteiger partial charge >= 0.3 is 0 Å². The third-order valence-electron chi connectivity index (χ3n) is 16.2. The summed E-state index contributed by atoms with van der Waals surface area (Å²) in [5.74, 6) is 0.955. The third kappa shape index (κ3) is 5.09. The minimum Gasteiger partial charge on any atom is -0.486 e. The van der Waals surface area contributed by atoms with Crippen LogP contribution in [0.15, 0.2) is 89.3 Å². The molecule has 2 aliphatic carbocycles. The lowest BCUT2D eigenvalue weighted by atomic mass is 9.33. The van der Waals surface area contributed by atoms with Crippen molar-refractivity contribution < 1.29 is 9.15 Å². The first kappa shape index (κ1) is 37.8. The SMILES string of the molecule is Cc1cc2c3c(c1)N(c1cccc(C#N)c1)c1cc4c(cc1B3c1oc3cc5c(cc3c1[C@H]2c1ccc(C(C)(C)C)cc1)C(C)(C)CCC5(C)C)C1(C)CCCCC1(C)O4. The van der Waals surface area contributed by atoms with Crippen molar-refractivity contribution in [3.8, 4) is 11.8 Å². The van der Waals surface area contributed by atoms with E-state index in [0.29, 0.717) is 5.56 Å². The Kier molecular flexibility index (Phi) is 7.69. The van der Waals surface area contributed by atoms with Gasteiger partial charge in [0.1, 0.15) is 16.9 Å². The minimum atomic E-state index is -0.266. The number of rotatable bonds is 2. The van der Waals surface area contributed by atoms with Gasteiger partial charge in [-0.05, 0) is 143 Å². The van der Waals surface area contributed by atoms with Crippen LogP contribution < -0.4 is 26.2 Å². The van der Waals surface area contributed by atoms with Gasteiger partial charge in [0.05, 0.1) is 17.3 Å². The molecule has 0 N–H and O–H groups in total. The van der Waals surface area contributed by atoms with Crippen molar-refractivity contribution >= 4 is 51.3 Å². The van der Waals surface area contributed by atoms with Crippen LogP contribution in [0.2, 0.25) is 0 Å². The predicted octanol–water partition coefficient (Wildman–Crippen LogP) is 12.0. The fraction of sp³-hybridized carbons (Fsp3) is 0.400. The van der Waals surface area contributed by atoms with E-state index in [1.807, 2.05) is 18.2 Å². The molecule has 0 bridgehead atoms. The van der Waals surface area contributed by atoms with Gasteiger partial charge in [-0.1, -0.05) is 104 Å². The number of ether oxygens (including phenoxy) is 1. The van der Waals surface area contributed by atoms with Crippen molar-refractivity contribution in [1.29, 1.82) is 5.26 Å². The molecule has 1 saturated carbocycles. The summed E-state index contributed by atoms with van der Waals surface area (Å²) in [5.41, 5.74) is 18.9. The maximum absolute atomic E-state index is 10.2. The van der Waals surface area contributed by atoms with Gasteiger partial charge in [0.25, 0.3) is 6.71 Å². The Morgan fingerprint density at radius 1 is 0.767 bits per heavy atom. The number of fused-ring (bicyclic) bond motifs is 10. The molecule has 4 nitrogen and oxygen atoms in total. The average molecular weight is 789 g/mol. The van der Waals surface area contributed by atoms with Crippen LogP contribution in [0.3, 0.4) is 0 Å². The summed E-state index contributed by atoms with van der Waals surface area (Å²) in [6.45, 7) is 23.5. The van der Waals surface area contributed by atoms with Crippen LogP contribution in [0, 0.1) is 18.3 Å². The topological polar surface area (TPSA) is 49.4 Å². The fourth-order valence-corrected chi connectivity index (χ4v) is 12.3. The lowest BCUT2D eigenvalue weighted by Crippen LogP contribution is -2.61. The van der Waals surface area contributed by atoms with Crippen LogP contribution in [0.4, 0.5) is 17.1 Å². The molecular weight excluding hydrogens is 731 g/mol. The van der Waals surface area contributed by atoms with E-state index in [1.165, 1.54) is 73.7 Å². The summed E-state index contributed by atoms with van der Waals surface area (Å²) < 4.78 is 14.7. The number of hydrogen-bond donors (Lipinski definition) is 0. The number of nitrogens with zero attached hydrogens (tertiary/aromatic N) is 2. The first-order valence-corrected chi connectivity index (χ1v) is 22.5. The highest BCUT2D eigenvalue weighted by Crippen LogP contribution is 2.58. The number of aryl methyl sites for hydroxylation is 1. The van der Waals surface area contributed by atoms with E-state index in [2.05, 4.69) is 147 Å². The standard InChI is InChI=1S/C55H57BN2O2/c1-32-24-38-47(34-16-18-35(19-17-34)51(2,3)4)48-37-27-39-40(53(7,8)23-22-52(39,5)6)29-45(37)59-50(48)56-42-28-41-46(60-55(10)21-12-11-20-54(41,55)9)30-43(42)58(44(25-32)49(38)56)36-15-13-14-33(26-36)31-57/h13-19,24-30,47H,11-12,20-23H2,1-10H3/t47-,54?,55?/m0/s1. The van der Waals surface area contributed by atoms with Crippen molar-refractivity contribution in [3.63, 3.8) is 0 Å². The molecular formula is C55H57BN2O2. The molecule has 1 aromatic heterocycles. The highest BCUT2D eigenvalue weighted by Gasteiger charge is 2.57. The molecule has 2 unspecified atom stereocenters.